The molecule has 1 aromatic heterocycles. The topological polar surface area (TPSA) is 85.0 Å². The van der Waals surface area contributed by atoms with Crippen LogP contribution >= 0.6 is 0 Å². The minimum atomic E-state index is -1.22. The van der Waals surface area contributed by atoms with Gasteiger partial charge in [-0.05, 0) is 39.8 Å². The van der Waals surface area contributed by atoms with Gasteiger partial charge in [-0.2, -0.15) is 0 Å². The fourth-order valence-corrected chi connectivity index (χ4v) is 2.40. The van der Waals surface area contributed by atoms with Crippen molar-refractivity contribution < 1.29 is 24.0 Å². The van der Waals surface area contributed by atoms with Crippen LogP contribution in [-0.2, 0) is 15.2 Å². The third kappa shape index (κ3) is 5.31. The Balaban J connectivity index is 2.15. The van der Waals surface area contributed by atoms with Crippen LogP contribution in [0.15, 0.2) is 34.9 Å². The standard InChI is InChI=1S/C19H26N2O5/c1-18(2,3)26-21(13-22)11-12-24-17-15(19(4,5)23)16(25-20-17)14-9-7-6-8-10-14/h6-10,13,23H,11-12H2,1-5H3. The molecule has 7 heteroatoms. The number of hydrogen-bond acceptors (Lipinski definition) is 6. The largest absolute Gasteiger partial charge is 0.473 e. The lowest BCUT2D eigenvalue weighted by Gasteiger charge is -2.26. The average molecular weight is 362 g/mol. The number of aliphatic hydroxyl groups is 1. The normalized spacial score (nSPS) is 12.1. The molecule has 0 aliphatic rings. The highest BCUT2D eigenvalue weighted by atomic mass is 16.7. The second-order valence-corrected chi connectivity index (χ2v) is 7.42. The molecule has 0 spiro atoms. The quantitative estimate of drug-likeness (QED) is 0.574. The van der Waals surface area contributed by atoms with E-state index < -0.39 is 11.2 Å². The van der Waals surface area contributed by atoms with Crippen LogP contribution in [-0.4, -0.2) is 40.5 Å². The van der Waals surface area contributed by atoms with Crippen LogP contribution in [0.3, 0.4) is 0 Å². The Bertz CT molecular complexity index is 714. The van der Waals surface area contributed by atoms with Gasteiger partial charge in [0.1, 0.15) is 6.61 Å². The number of hydroxylamine groups is 2. The summed E-state index contributed by atoms with van der Waals surface area (Å²) in [5.41, 5.74) is -0.462. The number of carbonyl (C=O) groups is 1. The number of carbonyl (C=O) groups excluding carboxylic acids is 1. The van der Waals surface area contributed by atoms with Crippen molar-refractivity contribution in [3.05, 3.63) is 35.9 Å². The van der Waals surface area contributed by atoms with Crippen LogP contribution in [0.25, 0.3) is 11.3 Å². The van der Waals surface area contributed by atoms with Gasteiger partial charge in [-0.15, -0.1) is 0 Å². The van der Waals surface area contributed by atoms with E-state index in [0.717, 1.165) is 5.56 Å². The van der Waals surface area contributed by atoms with Crippen molar-refractivity contribution >= 4 is 6.41 Å². The van der Waals surface area contributed by atoms with E-state index in [-0.39, 0.29) is 19.0 Å². The van der Waals surface area contributed by atoms with Crippen LogP contribution in [0.2, 0.25) is 0 Å². The van der Waals surface area contributed by atoms with E-state index in [4.69, 9.17) is 14.1 Å². The van der Waals surface area contributed by atoms with Crippen LogP contribution in [0.1, 0.15) is 40.2 Å². The summed E-state index contributed by atoms with van der Waals surface area (Å²) < 4.78 is 11.1. The molecule has 142 valence electrons. The van der Waals surface area contributed by atoms with E-state index in [0.29, 0.717) is 17.7 Å². The van der Waals surface area contributed by atoms with Crippen LogP contribution in [0.5, 0.6) is 5.88 Å². The Morgan fingerprint density at radius 1 is 1.19 bits per heavy atom. The monoisotopic (exact) mass is 362 g/mol. The fraction of sp³-hybridized carbons (Fsp3) is 0.474. The van der Waals surface area contributed by atoms with E-state index >= 15 is 0 Å². The molecule has 0 saturated carbocycles. The van der Waals surface area contributed by atoms with E-state index in [9.17, 15) is 9.90 Å². The summed E-state index contributed by atoms with van der Waals surface area (Å²) in [6.45, 7) is 9.17. The molecule has 7 nitrogen and oxygen atoms in total. The van der Waals surface area contributed by atoms with Crippen LogP contribution < -0.4 is 4.74 Å². The molecule has 0 unspecified atom stereocenters. The zero-order valence-corrected chi connectivity index (χ0v) is 15.9. The van der Waals surface area contributed by atoms with Crippen LogP contribution in [0, 0.1) is 0 Å². The Kier molecular flexibility index (Phi) is 6.05. The number of ether oxygens (including phenoxy) is 1. The zero-order valence-electron chi connectivity index (χ0n) is 15.9. The summed E-state index contributed by atoms with van der Waals surface area (Å²) in [5, 5.41) is 15.7. The third-order valence-corrected chi connectivity index (χ3v) is 3.37. The zero-order chi connectivity index (χ0) is 19.4. The van der Waals surface area contributed by atoms with Gasteiger partial charge >= 0.3 is 0 Å². The highest BCUT2D eigenvalue weighted by Crippen LogP contribution is 2.38. The summed E-state index contributed by atoms with van der Waals surface area (Å²) in [7, 11) is 0. The molecule has 0 bridgehead atoms. The Hall–Kier alpha value is -2.38. The molecule has 1 amide bonds. The number of benzene rings is 1. The summed E-state index contributed by atoms with van der Waals surface area (Å²) in [5.74, 6) is 0.643. The molecule has 0 fully saturated rings. The second kappa shape index (κ2) is 7.88. The van der Waals surface area contributed by atoms with Gasteiger partial charge in [0.05, 0.1) is 23.3 Å². The van der Waals surface area contributed by atoms with Gasteiger partial charge in [0.15, 0.2) is 5.76 Å². The molecule has 0 aliphatic carbocycles. The minimum absolute atomic E-state index is 0.138. The molecule has 1 aromatic carbocycles. The maximum atomic E-state index is 11.1. The summed E-state index contributed by atoms with van der Waals surface area (Å²) in [4.78, 5) is 16.6. The SMILES string of the molecule is CC(C)(C)ON(C=O)CCOc1noc(-c2ccccc2)c1C(C)(C)O. The van der Waals surface area contributed by atoms with Crippen molar-refractivity contribution in [2.45, 2.75) is 45.8 Å². The highest BCUT2D eigenvalue weighted by Gasteiger charge is 2.31. The lowest BCUT2D eigenvalue weighted by atomic mass is 9.95. The van der Waals surface area contributed by atoms with E-state index in [1.807, 2.05) is 51.1 Å². The fourth-order valence-electron chi connectivity index (χ4n) is 2.40. The first-order chi connectivity index (χ1) is 12.1. The Labute approximate surface area is 153 Å². The molecular weight excluding hydrogens is 336 g/mol. The van der Waals surface area contributed by atoms with Gasteiger partial charge in [-0.1, -0.05) is 30.3 Å². The predicted molar refractivity (Wildman–Crippen MR) is 96.3 cm³/mol. The molecule has 2 rings (SSSR count). The smallest absolute Gasteiger partial charge is 0.260 e. The number of aromatic nitrogens is 1. The predicted octanol–water partition coefficient (Wildman–Crippen LogP) is 3.14. The van der Waals surface area contributed by atoms with Crippen molar-refractivity contribution in [3.8, 4) is 17.2 Å². The van der Waals surface area contributed by atoms with Gasteiger partial charge in [0.25, 0.3) is 5.88 Å². The molecule has 0 aliphatic heterocycles. The molecule has 0 atom stereocenters. The Morgan fingerprint density at radius 2 is 1.85 bits per heavy atom. The number of rotatable bonds is 8. The van der Waals surface area contributed by atoms with Crippen LogP contribution in [0.4, 0.5) is 0 Å². The van der Waals surface area contributed by atoms with Crippen molar-refractivity contribution in [1.29, 1.82) is 0 Å². The maximum absolute atomic E-state index is 11.1. The maximum Gasteiger partial charge on any atom is 0.260 e. The number of hydrogen-bond donors (Lipinski definition) is 1. The third-order valence-electron chi connectivity index (χ3n) is 3.37. The van der Waals surface area contributed by atoms with E-state index in [1.165, 1.54) is 5.06 Å². The molecular formula is C19H26N2O5. The number of nitrogens with zero attached hydrogens (tertiary/aromatic N) is 2. The highest BCUT2D eigenvalue weighted by molar-refractivity contribution is 5.64. The average Bonchev–Trinajstić information content (AvgIpc) is 2.98. The second-order valence-electron chi connectivity index (χ2n) is 7.42. The Morgan fingerprint density at radius 3 is 2.38 bits per heavy atom. The summed E-state index contributed by atoms with van der Waals surface area (Å²) in [6.07, 6.45) is 0.601. The van der Waals surface area contributed by atoms with E-state index in [1.54, 1.807) is 13.8 Å². The van der Waals surface area contributed by atoms with Gasteiger partial charge < -0.3 is 14.4 Å². The van der Waals surface area contributed by atoms with E-state index in [2.05, 4.69) is 5.16 Å². The van der Waals surface area contributed by atoms with Crippen molar-refractivity contribution in [3.63, 3.8) is 0 Å². The number of amides is 1. The van der Waals surface area contributed by atoms with Crippen molar-refractivity contribution in [2.75, 3.05) is 13.2 Å². The molecule has 1 N–H and O–H groups in total. The molecule has 0 saturated heterocycles. The minimum Gasteiger partial charge on any atom is -0.473 e. The van der Waals surface area contributed by atoms with Crippen molar-refractivity contribution in [1.82, 2.24) is 10.2 Å². The first-order valence-corrected chi connectivity index (χ1v) is 8.43. The summed E-state index contributed by atoms with van der Waals surface area (Å²) in [6, 6.07) is 9.37. The molecule has 0 radical (unpaired) electrons. The molecule has 1 heterocycles. The van der Waals surface area contributed by atoms with Crippen molar-refractivity contribution in [2.24, 2.45) is 0 Å². The van der Waals surface area contributed by atoms with Gasteiger partial charge in [-0.3, -0.25) is 9.63 Å². The lowest BCUT2D eigenvalue weighted by molar-refractivity contribution is -0.217. The lowest BCUT2D eigenvalue weighted by Crippen LogP contribution is -2.35. The first-order valence-electron chi connectivity index (χ1n) is 8.43. The van der Waals surface area contributed by atoms with Gasteiger partial charge in [0.2, 0.25) is 6.41 Å². The first kappa shape index (κ1) is 19.9. The summed E-state index contributed by atoms with van der Waals surface area (Å²) >= 11 is 0. The molecule has 2 aromatic rings. The molecule has 26 heavy (non-hydrogen) atoms. The van der Waals surface area contributed by atoms with Gasteiger partial charge in [-0.25, -0.2) is 5.06 Å². The van der Waals surface area contributed by atoms with Gasteiger partial charge in [0, 0.05) is 5.56 Å².